The van der Waals surface area contributed by atoms with Gasteiger partial charge in [-0.2, -0.15) is 0 Å². The first-order chi connectivity index (χ1) is 9.72. The molecule has 1 aromatic rings. The molecule has 0 heterocycles. The van der Waals surface area contributed by atoms with Crippen LogP contribution >= 0.6 is 11.6 Å². The number of carboxylic acids is 1. The molecule has 0 saturated carbocycles. The molecular formula is C13H16ClNO5S. The third kappa shape index (κ3) is 4.18. The van der Waals surface area contributed by atoms with Gasteiger partial charge in [-0.3, -0.25) is 4.79 Å². The number of benzene rings is 1. The zero-order valence-corrected chi connectivity index (χ0v) is 13.2. The first-order valence-electron chi connectivity index (χ1n) is 6.26. The number of hydrogen-bond acceptors (Lipinski definition) is 4. The van der Waals surface area contributed by atoms with E-state index in [9.17, 15) is 18.0 Å². The van der Waals surface area contributed by atoms with Gasteiger partial charge in [-0.15, -0.1) is 0 Å². The Morgan fingerprint density at radius 2 is 1.81 bits per heavy atom. The first-order valence-corrected chi connectivity index (χ1v) is 8.29. The number of halogens is 1. The largest absolute Gasteiger partial charge is 0.478 e. The lowest BCUT2D eigenvalue weighted by molar-refractivity contribution is -0.128. The summed E-state index contributed by atoms with van der Waals surface area (Å²) >= 11 is 5.69. The molecule has 0 bridgehead atoms. The number of carbonyl (C=O) groups is 2. The Balaban J connectivity index is 3.12. The summed E-state index contributed by atoms with van der Waals surface area (Å²) in [6, 6.07) is 3.36. The predicted molar refractivity (Wildman–Crippen MR) is 78.4 cm³/mol. The molecular weight excluding hydrogens is 318 g/mol. The summed E-state index contributed by atoms with van der Waals surface area (Å²) in [5.74, 6) is -2.55. The Bertz CT molecular complexity index is 653. The molecule has 6 nitrogen and oxygen atoms in total. The van der Waals surface area contributed by atoms with Gasteiger partial charge in [-0.05, 0) is 32.0 Å². The van der Waals surface area contributed by atoms with Crippen molar-refractivity contribution in [3.63, 3.8) is 0 Å². The highest BCUT2D eigenvalue weighted by Gasteiger charge is 2.24. The number of carboxylic acid groups (broad SMARTS) is 1. The van der Waals surface area contributed by atoms with Crippen LogP contribution < -0.4 is 0 Å². The molecule has 1 aromatic carbocycles. The molecule has 116 valence electrons. The maximum Gasteiger partial charge on any atom is 0.337 e. The summed E-state index contributed by atoms with van der Waals surface area (Å²) < 4.78 is 24.4. The van der Waals surface area contributed by atoms with E-state index in [1.165, 1.54) is 17.0 Å². The summed E-state index contributed by atoms with van der Waals surface area (Å²) in [7, 11) is -3.91. The number of aromatic carboxylic acids is 1. The second-order valence-corrected chi connectivity index (χ2v) is 6.67. The van der Waals surface area contributed by atoms with E-state index in [-0.39, 0.29) is 15.5 Å². The Morgan fingerprint density at radius 3 is 2.29 bits per heavy atom. The number of rotatable bonds is 6. The molecule has 1 amide bonds. The van der Waals surface area contributed by atoms with Crippen LogP contribution in [-0.4, -0.2) is 49.1 Å². The first kappa shape index (κ1) is 17.5. The van der Waals surface area contributed by atoms with Crippen molar-refractivity contribution in [2.75, 3.05) is 18.8 Å². The van der Waals surface area contributed by atoms with Crippen LogP contribution in [0.2, 0.25) is 5.02 Å². The highest BCUT2D eigenvalue weighted by Crippen LogP contribution is 2.21. The van der Waals surface area contributed by atoms with Gasteiger partial charge in [-0.1, -0.05) is 11.6 Å². The molecule has 0 fully saturated rings. The molecule has 1 N–H and O–H groups in total. The second kappa shape index (κ2) is 6.91. The average Bonchev–Trinajstić information content (AvgIpc) is 2.39. The number of carbonyl (C=O) groups excluding carboxylic acids is 1. The van der Waals surface area contributed by atoms with Gasteiger partial charge < -0.3 is 10.0 Å². The minimum atomic E-state index is -3.91. The molecule has 0 aliphatic carbocycles. The highest BCUT2D eigenvalue weighted by atomic mass is 35.5. The van der Waals surface area contributed by atoms with Gasteiger partial charge in [-0.25, -0.2) is 13.2 Å². The summed E-state index contributed by atoms with van der Waals surface area (Å²) in [4.78, 5) is 24.0. The standard InChI is InChI=1S/C13H16ClNO5S/c1-3-15(4-2)12(16)8-21(19,20)9-5-6-11(14)10(7-9)13(17)18/h5-7H,3-4,8H2,1-2H3,(H,17,18). The molecule has 0 unspecified atom stereocenters. The molecule has 8 heteroatoms. The van der Waals surface area contributed by atoms with E-state index in [0.29, 0.717) is 13.1 Å². The smallest absolute Gasteiger partial charge is 0.337 e. The van der Waals surface area contributed by atoms with Crippen molar-refractivity contribution in [1.82, 2.24) is 4.90 Å². The van der Waals surface area contributed by atoms with Crippen molar-refractivity contribution in [2.45, 2.75) is 18.7 Å². The minimum absolute atomic E-state index is 0.0588. The van der Waals surface area contributed by atoms with Crippen molar-refractivity contribution in [3.05, 3.63) is 28.8 Å². The lowest BCUT2D eigenvalue weighted by Gasteiger charge is -2.18. The van der Waals surface area contributed by atoms with Gasteiger partial charge in [0, 0.05) is 13.1 Å². The summed E-state index contributed by atoms with van der Waals surface area (Å²) in [5, 5.41) is 8.89. The maximum absolute atomic E-state index is 12.2. The molecule has 0 aliphatic heterocycles. The van der Waals surface area contributed by atoms with E-state index in [4.69, 9.17) is 16.7 Å². The second-order valence-electron chi connectivity index (χ2n) is 4.27. The van der Waals surface area contributed by atoms with Crippen LogP contribution in [0, 0.1) is 0 Å². The SMILES string of the molecule is CCN(CC)C(=O)CS(=O)(=O)c1ccc(Cl)c(C(=O)O)c1. The van der Waals surface area contributed by atoms with Crippen LogP contribution in [0.15, 0.2) is 23.1 Å². The highest BCUT2D eigenvalue weighted by molar-refractivity contribution is 7.92. The van der Waals surface area contributed by atoms with Gasteiger partial charge in [0.15, 0.2) is 9.84 Å². The third-order valence-electron chi connectivity index (χ3n) is 2.96. The van der Waals surface area contributed by atoms with Gasteiger partial charge in [0.1, 0.15) is 5.75 Å². The Morgan fingerprint density at radius 1 is 1.24 bits per heavy atom. The van der Waals surface area contributed by atoms with Gasteiger partial charge in [0.25, 0.3) is 0 Å². The maximum atomic E-state index is 12.2. The Labute approximate surface area is 128 Å². The van der Waals surface area contributed by atoms with Gasteiger partial charge in [0.05, 0.1) is 15.5 Å². The molecule has 0 spiro atoms. The molecule has 0 aliphatic rings. The van der Waals surface area contributed by atoms with Crippen LogP contribution in [0.25, 0.3) is 0 Å². The summed E-state index contributed by atoms with van der Waals surface area (Å²) in [5.41, 5.74) is -0.312. The molecule has 0 aromatic heterocycles. The van der Waals surface area contributed by atoms with Gasteiger partial charge in [0.2, 0.25) is 5.91 Å². The predicted octanol–water partition coefficient (Wildman–Crippen LogP) is 1.68. The molecule has 21 heavy (non-hydrogen) atoms. The van der Waals surface area contributed by atoms with Crippen molar-refractivity contribution >= 4 is 33.3 Å². The fourth-order valence-corrected chi connectivity index (χ4v) is 3.22. The lowest BCUT2D eigenvalue weighted by atomic mass is 10.2. The van der Waals surface area contributed by atoms with Crippen LogP contribution in [0.3, 0.4) is 0 Å². The van der Waals surface area contributed by atoms with Crippen LogP contribution in [-0.2, 0) is 14.6 Å². The fourth-order valence-electron chi connectivity index (χ4n) is 1.78. The summed E-state index contributed by atoms with van der Waals surface area (Å²) in [6.45, 7) is 4.31. The third-order valence-corrected chi connectivity index (χ3v) is 4.89. The topological polar surface area (TPSA) is 91.8 Å². The zero-order chi connectivity index (χ0) is 16.2. The molecule has 0 radical (unpaired) electrons. The number of nitrogens with zero attached hydrogens (tertiary/aromatic N) is 1. The Hall–Kier alpha value is -1.60. The monoisotopic (exact) mass is 333 g/mol. The van der Waals surface area contributed by atoms with E-state index < -0.39 is 27.5 Å². The molecule has 0 atom stereocenters. The number of amides is 1. The van der Waals surface area contributed by atoms with E-state index in [1.54, 1.807) is 13.8 Å². The van der Waals surface area contributed by atoms with E-state index in [2.05, 4.69) is 0 Å². The van der Waals surface area contributed by atoms with E-state index in [1.807, 2.05) is 0 Å². The molecule has 0 saturated heterocycles. The number of hydrogen-bond donors (Lipinski definition) is 1. The quantitative estimate of drug-likeness (QED) is 0.855. The minimum Gasteiger partial charge on any atom is -0.478 e. The normalized spacial score (nSPS) is 11.2. The Kier molecular flexibility index (Phi) is 5.74. The average molecular weight is 334 g/mol. The van der Waals surface area contributed by atoms with Crippen molar-refractivity contribution in [1.29, 1.82) is 0 Å². The van der Waals surface area contributed by atoms with Crippen molar-refractivity contribution in [2.24, 2.45) is 0 Å². The van der Waals surface area contributed by atoms with Gasteiger partial charge >= 0.3 is 5.97 Å². The van der Waals surface area contributed by atoms with Crippen LogP contribution in [0.4, 0.5) is 0 Å². The fraction of sp³-hybridized carbons (Fsp3) is 0.385. The molecule has 1 rings (SSSR count). The van der Waals surface area contributed by atoms with Crippen LogP contribution in [0.5, 0.6) is 0 Å². The lowest BCUT2D eigenvalue weighted by Crippen LogP contribution is -2.35. The van der Waals surface area contributed by atoms with Crippen LogP contribution in [0.1, 0.15) is 24.2 Å². The van der Waals surface area contributed by atoms with E-state index in [0.717, 1.165) is 6.07 Å². The number of sulfone groups is 1. The zero-order valence-electron chi connectivity index (χ0n) is 11.7. The van der Waals surface area contributed by atoms with Crippen molar-refractivity contribution < 1.29 is 23.1 Å². The summed E-state index contributed by atoms with van der Waals surface area (Å²) in [6.07, 6.45) is 0. The van der Waals surface area contributed by atoms with E-state index >= 15 is 0 Å². The van der Waals surface area contributed by atoms with Crippen molar-refractivity contribution in [3.8, 4) is 0 Å².